The molecule has 1 unspecified atom stereocenters. The molecule has 11 heteroatoms. The summed E-state index contributed by atoms with van der Waals surface area (Å²) in [5.74, 6) is -1.23. The molecule has 1 aliphatic heterocycles. The quantitative estimate of drug-likeness (QED) is 0.619. The van der Waals surface area contributed by atoms with Crippen LogP contribution in [0, 0.1) is 11.7 Å². The summed E-state index contributed by atoms with van der Waals surface area (Å²) in [7, 11) is 1.62. The van der Waals surface area contributed by atoms with Gasteiger partial charge in [-0.2, -0.15) is 4.98 Å². The fraction of sp³-hybridized carbons (Fsp3) is 0.350. The van der Waals surface area contributed by atoms with Crippen molar-refractivity contribution in [1.82, 2.24) is 19.9 Å². The molecule has 2 amide bonds. The fourth-order valence-electron chi connectivity index (χ4n) is 3.56. The minimum Gasteiger partial charge on any atom is -0.359 e. The van der Waals surface area contributed by atoms with Crippen LogP contribution in [0.4, 0.5) is 15.2 Å². The lowest BCUT2D eigenvalue weighted by Crippen LogP contribution is -2.42. The first-order valence-electron chi connectivity index (χ1n) is 9.83. The first-order chi connectivity index (χ1) is 15.0. The second kappa shape index (κ2) is 8.80. The molecular formula is C20H21FN6O3S. The van der Waals surface area contributed by atoms with Crippen LogP contribution in [0.3, 0.4) is 0 Å². The standard InChI is InChI=1S/C20H21FN6O3S/c1-22-18(29)12-5-4-8-26(9-12)20-25-17-16(31-20)19(30)27(11-23-17)10-15(28)24-14-7-3-2-6-13(14)21/h2-3,6-7,11-12H,4-5,8-10H2,1H3,(H,22,29)(H,24,28). The van der Waals surface area contributed by atoms with Gasteiger partial charge in [0.2, 0.25) is 11.8 Å². The van der Waals surface area contributed by atoms with Gasteiger partial charge in [-0.15, -0.1) is 0 Å². The van der Waals surface area contributed by atoms with Gasteiger partial charge in [0.1, 0.15) is 23.4 Å². The first kappa shape index (κ1) is 20.9. The molecule has 0 aliphatic carbocycles. The maximum absolute atomic E-state index is 13.7. The number of rotatable bonds is 5. The number of carbonyl (C=O) groups excluding carboxylic acids is 2. The Hall–Kier alpha value is -3.34. The largest absolute Gasteiger partial charge is 0.359 e. The van der Waals surface area contributed by atoms with Crippen LogP contribution in [0.15, 0.2) is 35.4 Å². The number of amides is 2. The second-order valence-corrected chi connectivity index (χ2v) is 8.23. The number of piperidine rings is 1. The molecule has 0 bridgehead atoms. The Kier molecular flexibility index (Phi) is 5.94. The van der Waals surface area contributed by atoms with E-state index in [9.17, 15) is 18.8 Å². The van der Waals surface area contributed by atoms with Gasteiger partial charge >= 0.3 is 0 Å². The van der Waals surface area contributed by atoms with Crippen LogP contribution in [0.1, 0.15) is 12.8 Å². The molecule has 1 saturated heterocycles. The molecule has 4 rings (SSSR count). The first-order valence-corrected chi connectivity index (χ1v) is 10.6. The van der Waals surface area contributed by atoms with Crippen LogP contribution in [0.2, 0.25) is 0 Å². The average molecular weight is 444 g/mol. The van der Waals surface area contributed by atoms with Gasteiger partial charge in [-0.3, -0.25) is 19.0 Å². The van der Waals surface area contributed by atoms with Crippen LogP contribution < -0.4 is 21.1 Å². The lowest BCUT2D eigenvalue weighted by molar-refractivity contribution is -0.124. The highest BCUT2D eigenvalue weighted by Crippen LogP contribution is 2.29. The zero-order valence-electron chi connectivity index (χ0n) is 16.8. The van der Waals surface area contributed by atoms with Crippen LogP contribution in [-0.4, -0.2) is 46.5 Å². The third kappa shape index (κ3) is 4.41. The minimum atomic E-state index is -0.555. The third-order valence-electron chi connectivity index (χ3n) is 5.14. The van der Waals surface area contributed by atoms with Gasteiger partial charge in [0.15, 0.2) is 10.8 Å². The van der Waals surface area contributed by atoms with Crippen molar-refractivity contribution in [3.63, 3.8) is 0 Å². The minimum absolute atomic E-state index is 0.00726. The van der Waals surface area contributed by atoms with Crippen LogP contribution in [0.5, 0.6) is 0 Å². The van der Waals surface area contributed by atoms with E-state index in [0.29, 0.717) is 22.0 Å². The normalized spacial score (nSPS) is 16.3. The van der Waals surface area contributed by atoms with Crippen molar-refractivity contribution in [2.45, 2.75) is 19.4 Å². The van der Waals surface area contributed by atoms with Crippen molar-refractivity contribution in [3.05, 3.63) is 46.8 Å². The number of carbonyl (C=O) groups is 2. The summed E-state index contributed by atoms with van der Waals surface area (Å²) in [6, 6.07) is 5.81. The van der Waals surface area contributed by atoms with Gasteiger partial charge in [0, 0.05) is 20.1 Å². The Labute approximate surface area is 180 Å². The number of nitrogens with zero attached hydrogens (tertiary/aromatic N) is 4. The van der Waals surface area contributed by atoms with Crippen LogP contribution in [-0.2, 0) is 16.1 Å². The highest BCUT2D eigenvalue weighted by atomic mass is 32.1. The molecule has 31 heavy (non-hydrogen) atoms. The Bertz CT molecular complexity index is 1190. The summed E-state index contributed by atoms with van der Waals surface area (Å²) in [5, 5.41) is 5.76. The highest BCUT2D eigenvalue weighted by Gasteiger charge is 2.27. The molecular weight excluding hydrogens is 423 g/mol. The molecule has 1 aromatic carbocycles. The van der Waals surface area contributed by atoms with Gasteiger partial charge < -0.3 is 15.5 Å². The van der Waals surface area contributed by atoms with Gasteiger partial charge in [0.05, 0.1) is 11.6 Å². The van der Waals surface area contributed by atoms with Crippen LogP contribution in [0.25, 0.3) is 10.3 Å². The number of aromatic nitrogens is 3. The maximum Gasteiger partial charge on any atom is 0.273 e. The predicted molar refractivity (Wildman–Crippen MR) is 116 cm³/mol. The van der Waals surface area contributed by atoms with E-state index in [1.807, 2.05) is 4.90 Å². The van der Waals surface area contributed by atoms with Gasteiger partial charge in [0.25, 0.3) is 5.56 Å². The molecule has 0 radical (unpaired) electrons. The van der Waals surface area contributed by atoms with E-state index < -0.39 is 17.3 Å². The molecule has 0 spiro atoms. The van der Waals surface area contributed by atoms with Crippen molar-refractivity contribution in [2.24, 2.45) is 5.92 Å². The third-order valence-corrected chi connectivity index (χ3v) is 6.24. The van der Waals surface area contributed by atoms with Gasteiger partial charge in [-0.05, 0) is 25.0 Å². The number of anilines is 2. The topological polar surface area (TPSA) is 109 Å². The summed E-state index contributed by atoms with van der Waals surface area (Å²) >= 11 is 1.20. The number of benzene rings is 1. The Balaban J connectivity index is 1.53. The number of halogens is 1. The molecule has 3 aromatic rings. The number of nitrogens with one attached hydrogen (secondary N) is 2. The van der Waals surface area contributed by atoms with Gasteiger partial charge in [-0.1, -0.05) is 23.5 Å². The lowest BCUT2D eigenvalue weighted by atomic mass is 9.98. The summed E-state index contributed by atoms with van der Waals surface area (Å²) < 4.78 is 15.2. The Morgan fingerprint density at radius 1 is 1.32 bits per heavy atom. The number of hydrogen-bond donors (Lipinski definition) is 2. The lowest BCUT2D eigenvalue weighted by Gasteiger charge is -2.31. The highest BCUT2D eigenvalue weighted by molar-refractivity contribution is 7.22. The van der Waals surface area contributed by atoms with E-state index in [-0.39, 0.29) is 24.1 Å². The van der Waals surface area contributed by atoms with E-state index in [0.717, 1.165) is 19.4 Å². The fourth-order valence-corrected chi connectivity index (χ4v) is 4.56. The number of para-hydroxylation sites is 1. The van der Waals surface area contributed by atoms with E-state index in [1.165, 1.54) is 40.4 Å². The van der Waals surface area contributed by atoms with Crippen molar-refractivity contribution in [2.75, 3.05) is 30.4 Å². The summed E-state index contributed by atoms with van der Waals surface area (Å²) in [5.41, 5.74) is -0.0412. The predicted octanol–water partition coefficient (Wildman–Crippen LogP) is 1.59. The molecule has 2 N–H and O–H groups in total. The number of hydrogen-bond acceptors (Lipinski definition) is 7. The smallest absolute Gasteiger partial charge is 0.273 e. The molecule has 0 saturated carbocycles. The summed E-state index contributed by atoms with van der Waals surface area (Å²) in [4.78, 5) is 47.8. The summed E-state index contributed by atoms with van der Waals surface area (Å²) in [6.07, 6.45) is 2.92. The molecule has 1 aliphatic rings. The molecule has 162 valence electrons. The van der Waals surface area contributed by atoms with Crippen molar-refractivity contribution < 1.29 is 14.0 Å². The molecule has 9 nitrogen and oxygen atoms in total. The maximum atomic E-state index is 13.7. The molecule has 3 heterocycles. The SMILES string of the molecule is CNC(=O)C1CCCN(c2nc3ncn(CC(=O)Nc4ccccc4F)c(=O)c3s2)C1. The van der Waals surface area contributed by atoms with E-state index in [1.54, 1.807) is 13.1 Å². The number of thiazole rings is 1. The second-order valence-electron chi connectivity index (χ2n) is 7.25. The van der Waals surface area contributed by atoms with E-state index in [4.69, 9.17) is 0 Å². The Morgan fingerprint density at radius 3 is 2.90 bits per heavy atom. The zero-order valence-corrected chi connectivity index (χ0v) is 17.6. The van der Waals surface area contributed by atoms with E-state index >= 15 is 0 Å². The monoisotopic (exact) mass is 444 g/mol. The molecule has 1 atom stereocenters. The summed E-state index contributed by atoms with van der Waals surface area (Å²) in [6.45, 7) is 0.969. The van der Waals surface area contributed by atoms with Crippen molar-refractivity contribution in [1.29, 1.82) is 0 Å². The molecule has 1 fully saturated rings. The van der Waals surface area contributed by atoms with Gasteiger partial charge in [-0.25, -0.2) is 9.37 Å². The van der Waals surface area contributed by atoms with Crippen molar-refractivity contribution in [3.8, 4) is 0 Å². The van der Waals surface area contributed by atoms with Crippen LogP contribution >= 0.6 is 11.3 Å². The molecule has 2 aromatic heterocycles. The zero-order chi connectivity index (χ0) is 22.0. The Morgan fingerprint density at radius 2 is 2.13 bits per heavy atom. The average Bonchev–Trinajstić information content (AvgIpc) is 3.22. The number of fused-ring (bicyclic) bond motifs is 1. The van der Waals surface area contributed by atoms with E-state index in [2.05, 4.69) is 20.6 Å². The van der Waals surface area contributed by atoms with Crippen molar-refractivity contribution >= 4 is 44.3 Å².